The summed E-state index contributed by atoms with van der Waals surface area (Å²) in [5, 5.41) is 4.59. The highest BCUT2D eigenvalue weighted by molar-refractivity contribution is 7.15. The van der Waals surface area contributed by atoms with Crippen LogP contribution < -0.4 is 11.1 Å². The van der Waals surface area contributed by atoms with Crippen molar-refractivity contribution in [3.8, 4) is 0 Å². The van der Waals surface area contributed by atoms with Crippen molar-refractivity contribution in [3.63, 3.8) is 0 Å². The summed E-state index contributed by atoms with van der Waals surface area (Å²) in [5.41, 5.74) is 7.03. The topological polar surface area (TPSA) is 50.9 Å². The quantitative estimate of drug-likeness (QED) is 0.877. The van der Waals surface area contributed by atoms with Crippen molar-refractivity contribution in [3.05, 3.63) is 10.6 Å². The van der Waals surface area contributed by atoms with Crippen LogP contribution in [0.15, 0.2) is 0 Å². The molecule has 19 heavy (non-hydrogen) atoms. The van der Waals surface area contributed by atoms with Crippen LogP contribution in [0.3, 0.4) is 0 Å². The number of aryl methyl sites for hydroxylation is 1. The van der Waals surface area contributed by atoms with Gasteiger partial charge < -0.3 is 11.1 Å². The summed E-state index contributed by atoms with van der Waals surface area (Å²) in [5.74, 6) is 0. The van der Waals surface area contributed by atoms with Gasteiger partial charge in [-0.25, -0.2) is 4.98 Å². The zero-order valence-corrected chi connectivity index (χ0v) is 13.5. The van der Waals surface area contributed by atoms with Gasteiger partial charge in [0.15, 0.2) is 5.13 Å². The van der Waals surface area contributed by atoms with E-state index in [1.54, 1.807) is 11.3 Å². The maximum absolute atomic E-state index is 5.78. The molecule has 1 fully saturated rings. The molecule has 3 rings (SSSR count). The van der Waals surface area contributed by atoms with Gasteiger partial charge in [-0.1, -0.05) is 19.3 Å². The summed E-state index contributed by atoms with van der Waals surface area (Å²) in [6, 6.07) is 1.42. The van der Waals surface area contributed by atoms with Crippen molar-refractivity contribution < 1.29 is 0 Å². The largest absolute Gasteiger partial charge is 0.375 e. The first-order valence-corrected chi connectivity index (χ1v) is 7.63. The molecular weight excluding hydrogens is 301 g/mol. The fraction of sp³-hybridized carbons (Fsp3) is 0.769. The van der Waals surface area contributed by atoms with Crippen LogP contribution in [0.1, 0.15) is 49.1 Å². The predicted octanol–water partition coefficient (Wildman–Crippen LogP) is 3.35. The Morgan fingerprint density at radius 1 is 1.05 bits per heavy atom. The van der Waals surface area contributed by atoms with E-state index in [9.17, 15) is 0 Å². The molecule has 1 unspecified atom stereocenters. The van der Waals surface area contributed by atoms with Gasteiger partial charge in [0, 0.05) is 17.0 Å². The molecular formula is C13H23Cl2N3S. The second kappa shape index (κ2) is 7.67. The molecule has 6 heteroatoms. The average molecular weight is 324 g/mol. The fourth-order valence-electron chi connectivity index (χ4n) is 3.14. The number of anilines is 1. The number of rotatable bonds is 2. The van der Waals surface area contributed by atoms with Gasteiger partial charge >= 0.3 is 0 Å². The van der Waals surface area contributed by atoms with Gasteiger partial charge in [0.25, 0.3) is 0 Å². The Hall–Kier alpha value is -0.0300. The van der Waals surface area contributed by atoms with E-state index < -0.39 is 0 Å². The summed E-state index contributed by atoms with van der Waals surface area (Å²) < 4.78 is 0. The smallest absolute Gasteiger partial charge is 0.180 e. The number of nitrogens with zero attached hydrogens (tertiary/aromatic N) is 1. The number of fused-ring (bicyclic) bond motifs is 1. The SMILES string of the molecule is Cl.Cl.Nc1nc2c(s1)CC(NC1CCCCC1)CC2. The van der Waals surface area contributed by atoms with Crippen molar-refractivity contribution >= 4 is 41.3 Å². The molecule has 1 heterocycles. The van der Waals surface area contributed by atoms with E-state index in [1.807, 2.05) is 0 Å². The van der Waals surface area contributed by atoms with E-state index in [2.05, 4.69) is 10.3 Å². The average Bonchev–Trinajstić information content (AvgIpc) is 2.70. The molecule has 2 aliphatic rings. The highest BCUT2D eigenvalue weighted by Gasteiger charge is 2.24. The molecule has 1 aromatic heterocycles. The maximum Gasteiger partial charge on any atom is 0.180 e. The molecule has 0 radical (unpaired) electrons. The molecule has 0 aliphatic heterocycles. The summed E-state index contributed by atoms with van der Waals surface area (Å²) in [4.78, 5) is 5.82. The van der Waals surface area contributed by atoms with Crippen LogP contribution >= 0.6 is 36.2 Å². The van der Waals surface area contributed by atoms with Crippen molar-refractivity contribution in [2.75, 3.05) is 5.73 Å². The monoisotopic (exact) mass is 323 g/mol. The lowest BCUT2D eigenvalue weighted by molar-refractivity contribution is 0.321. The van der Waals surface area contributed by atoms with Crippen molar-refractivity contribution in [2.45, 2.75) is 63.5 Å². The molecule has 0 spiro atoms. The Morgan fingerprint density at radius 2 is 1.79 bits per heavy atom. The Morgan fingerprint density at radius 3 is 2.53 bits per heavy atom. The third kappa shape index (κ3) is 4.22. The summed E-state index contributed by atoms with van der Waals surface area (Å²) in [6.07, 6.45) is 10.5. The normalized spacial score (nSPS) is 23.1. The zero-order chi connectivity index (χ0) is 11.7. The highest BCUT2D eigenvalue weighted by Crippen LogP contribution is 2.29. The number of hydrogen-bond acceptors (Lipinski definition) is 4. The Labute approximate surface area is 131 Å². The molecule has 0 bridgehead atoms. The van der Waals surface area contributed by atoms with Gasteiger partial charge in [0.05, 0.1) is 5.69 Å². The lowest BCUT2D eigenvalue weighted by Gasteiger charge is -2.30. The van der Waals surface area contributed by atoms with Crippen LogP contribution in [0.4, 0.5) is 5.13 Å². The van der Waals surface area contributed by atoms with Crippen molar-refractivity contribution in [1.29, 1.82) is 0 Å². The number of aromatic nitrogens is 1. The van der Waals surface area contributed by atoms with E-state index in [0.717, 1.165) is 24.0 Å². The summed E-state index contributed by atoms with van der Waals surface area (Å²) >= 11 is 1.68. The second-order valence-corrected chi connectivity index (χ2v) is 6.48. The van der Waals surface area contributed by atoms with Crippen LogP contribution in [0.25, 0.3) is 0 Å². The fourth-order valence-corrected chi connectivity index (χ4v) is 4.10. The van der Waals surface area contributed by atoms with Crippen LogP contribution in [0.5, 0.6) is 0 Å². The number of nitrogen functional groups attached to an aromatic ring is 1. The van der Waals surface area contributed by atoms with Gasteiger partial charge in [-0.05, 0) is 32.1 Å². The first kappa shape index (κ1) is 17.0. The Balaban J connectivity index is 0.000000902. The molecule has 0 amide bonds. The molecule has 110 valence electrons. The molecule has 1 aromatic rings. The van der Waals surface area contributed by atoms with Crippen LogP contribution in [0.2, 0.25) is 0 Å². The first-order valence-electron chi connectivity index (χ1n) is 6.81. The van der Waals surface area contributed by atoms with Crippen LogP contribution in [-0.2, 0) is 12.8 Å². The third-order valence-corrected chi connectivity index (χ3v) is 4.98. The van der Waals surface area contributed by atoms with Crippen molar-refractivity contribution in [2.24, 2.45) is 0 Å². The van der Waals surface area contributed by atoms with Gasteiger partial charge in [0.1, 0.15) is 0 Å². The number of halogens is 2. The number of thiazole rings is 1. The van der Waals surface area contributed by atoms with Gasteiger partial charge in [-0.15, -0.1) is 36.2 Å². The number of hydrogen-bond donors (Lipinski definition) is 2. The predicted molar refractivity (Wildman–Crippen MR) is 86.8 cm³/mol. The highest BCUT2D eigenvalue weighted by atomic mass is 35.5. The van der Waals surface area contributed by atoms with E-state index in [-0.39, 0.29) is 24.8 Å². The first-order chi connectivity index (χ1) is 8.31. The zero-order valence-electron chi connectivity index (χ0n) is 11.1. The lowest BCUT2D eigenvalue weighted by atomic mass is 9.92. The minimum atomic E-state index is 0. The molecule has 0 aromatic carbocycles. The van der Waals surface area contributed by atoms with Gasteiger partial charge in [-0.2, -0.15) is 0 Å². The maximum atomic E-state index is 5.78. The Kier molecular flexibility index (Phi) is 6.87. The van der Waals surface area contributed by atoms with E-state index in [4.69, 9.17) is 5.73 Å². The third-order valence-electron chi connectivity index (χ3n) is 4.03. The van der Waals surface area contributed by atoms with Crippen LogP contribution in [-0.4, -0.2) is 17.1 Å². The van der Waals surface area contributed by atoms with Crippen molar-refractivity contribution in [1.82, 2.24) is 10.3 Å². The standard InChI is InChI=1S/C13H21N3S.2ClH/c14-13-16-11-7-6-10(8-12(11)17-13)15-9-4-2-1-3-5-9;;/h9-10,15H,1-8H2,(H2,14,16);2*1H. The minimum absolute atomic E-state index is 0. The van der Waals surface area contributed by atoms with Crippen LogP contribution in [0, 0.1) is 0 Å². The Bertz CT molecular complexity index is 391. The lowest BCUT2D eigenvalue weighted by Crippen LogP contribution is -2.42. The molecule has 1 atom stereocenters. The molecule has 3 nitrogen and oxygen atoms in total. The summed E-state index contributed by atoms with van der Waals surface area (Å²) in [7, 11) is 0. The van der Waals surface area contributed by atoms with Gasteiger partial charge in [0.2, 0.25) is 0 Å². The summed E-state index contributed by atoms with van der Waals surface area (Å²) in [6.45, 7) is 0. The number of nitrogens with one attached hydrogen (secondary N) is 1. The number of nitrogens with two attached hydrogens (primary N) is 1. The minimum Gasteiger partial charge on any atom is -0.375 e. The van der Waals surface area contributed by atoms with E-state index >= 15 is 0 Å². The second-order valence-electron chi connectivity index (χ2n) is 5.36. The van der Waals surface area contributed by atoms with Gasteiger partial charge in [-0.3, -0.25) is 0 Å². The molecule has 1 saturated carbocycles. The molecule has 2 aliphatic carbocycles. The molecule has 3 N–H and O–H groups in total. The van der Waals surface area contributed by atoms with E-state index in [1.165, 1.54) is 49.1 Å². The van der Waals surface area contributed by atoms with E-state index in [0.29, 0.717) is 6.04 Å². The molecule has 0 saturated heterocycles.